The molecule has 0 aromatic heterocycles. The zero-order valence-electron chi connectivity index (χ0n) is 9.16. The van der Waals surface area contributed by atoms with Crippen LogP contribution >= 0.6 is 0 Å². The first-order valence-electron chi connectivity index (χ1n) is 5.46. The van der Waals surface area contributed by atoms with Crippen molar-refractivity contribution in [2.45, 2.75) is 45.1 Å². The van der Waals surface area contributed by atoms with E-state index in [1.807, 2.05) is 0 Å². The molecule has 3 atom stereocenters. The molecular formula is C11H21NO2. The normalized spacial score (nSPS) is 29.6. The van der Waals surface area contributed by atoms with E-state index in [0.29, 0.717) is 12.3 Å². The molecule has 0 saturated heterocycles. The summed E-state index contributed by atoms with van der Waals surface area (Å²) >= 11 is 0. The van der Waals surface area contributed by atoms with Gasteiger partial charge >= 0.3 is 5.97 Å². The van der Waals surface area contributed by atoms with E-state index in [1.54, 1.807) is 0 Å². The molecule has 1 saturated carbocycles. The number of esters is 1. The molecular weight excluding hydrogens is 178 g/mol. The zero-order chi connectivity index (χ0) is 10.6. The molecule has 0 radical (unpaired) electrons. The Balaban J connectivity index is 2.35. The van der Waals surface area contributed by atoms with Gasteiger partial charge in [-0.25, -0.2) is 0 Å². The Labute approximate surface area is 86.0 Å². The minimum Gasteiger partial charge on any atom is -0.469 e. The van der Waals surface area contributed by atoms with Gasteiger partial charge in [0.15, 0.2) is 0 Å². The molecule has 0 aromatic rings. The van der Waals surface area contributed by atoms with E-state index < -0.39 is 0 Å². The summed E-state index contributed by atoms with van der Waals surface area (Å²) in [5.74, 6) is 1.09. The van der Waals surface area contributed by atoms with E-state index in [-0.39, 0.29) is 12.0 Å². The van der Waals surface area contributed by atoms with Crippen molar-refractivity contribution in [3.05, 3.63) is 0 Å². The molecule has 0 heterocycles. The molecule has 82 valence electrons. The van der Waals surface area contributed by atoms with Gasteiger partial charge in [0.05, 0.1) is 13.5 Å². The summed E-state index contributed by atoms with van der Waals surface area (Å²) in [4.78, 5) is 11.0. The molecule has 0 aliphatic heterocycles. The molecule has 1 aliphatic carbocycles. The van der Waals surface area contributed by atoms with Crippen LogP contribution in [0.5, 0.6) is 0 Å². The zero-order valence-corrected chi connectivity index (χ0v) is 9.16. The molecule has 0 bridgehead atoms. The Morgan fingerprint density at radius 2 is 2.29 bits per heavy atom. The molecule has 3 nitrogen and oxygen atoms in total. The fraction of sp³-hybridized carbons (Fsp3) is 0.909. The summed E-state index contributed by atoms with van der Waals surface area (Å²) in [5, 5.41) is 0. The van der Waals surface area contributed by atoms with Crippen LogP contribution in [-0.2, 0) is 9.53 Å². The van der Waals surface area contributed by atoms with Gasteiger partial charge in [0, 0.05) is 6.04 Å². The summed E-state index contributed by atoms with van der Waals surface area (Å²) in [6.45, 7) is 2.26. The summed E-state index contributed by atoms with van der Waals surface area (Å²) in [6.07, 6.45) is 5.26. The van der Waals surface area contributed by atoms with Crippen molar-refractivity contribution >= 4 is 5.97 Å². The van der Waals surface area contributed by atoms with E-state index in [9.17, 15) is 4.79 Å². The van der Waals surface area contributed by atoms with Crippen molar-refractivity contribution < 1.29 is 9.53 Å². The predicted octanol–water partition coefficient (Wildman–Crippen LogP) is 1.70. The lowest BCUT2D eigenvalue weighted by atomic mass is 9.78. The van der Waals surface area contributed by atoms with E-state index in [1.165, 1.54) is 26.4 Å². The highest BCUT2D eigenvalue weighted by Gasteiger charge is 2.25. The van der Waals surface area contributed by atoms with Crippen LogP contribution in [0.3, 0.4) is 0 Å². The van der Waals surface area contributed by atoms with Crippen molar-refractivity contribution in [1.29, 1.82) is 0 Å². The van der Waals surface area contributed by atoms with Crippen molar-refractivity contribution in [2.24, 2.45) is 17.6 Å². The third-order valence-corrected chi connectivity index (χ3v) is 3.21. The average molecular weight is 199 g/mol. The number of methoxy groups -OCH3 is 1. The maximum absolute atomic E-state index is 11.0. The molecule has 0 amide bonds. The maximum Gasteiger partial charge on any atom is 0.307 e. The molecule has 2 unspecified atom stereocenters. The summed E-state index contributed by atoms with van der Waals surface area (Å²) in [7, 11) is 1.42. The minimum absolute atomic E-state index is 0.00907. The lowest BCUT2D eigenvalue weighted by molar-refractivity contribution is -0.141. The molecule has 0 spiro atoms. The summed E-state index contributed by atoms with van der Waals surface area (Å²) in [5.41, 5.74) is 5.99. The number of rotatable bonds is 3. The van der Waals surface area contributed by atoms with Crippen molar-refractivity contribution in [1.82, 2.24) is 0 Å². The summed E-state index contributed by atoms with van der Waals surface area (Å²) in [6, 6.07) is -0.00907. The van der Waals surface area contributed by atoms with E-state index in [4.69, 9.17) is 5.73 Å². The highest BCUT2D eigenvalue weighted by molar-refractivity contribution is 5.69. The van der Waals surface area contributed by atoms with Gasteiger partial charge in [0.25, 0.3) is 0 Å². The lowest BCUT2D eigenvalue weighted by Crippen LogP contribution is -2.35. The van der Waals surface area contributed by atoms with Crippen LogP contribution in [-0.4, -0.2) is 19.1 Å². The lowest BCUT2D eigenvalue weighted by Gasteiger charge is -2.30. The molecule has 1 aliphatic rings. The first-order valence-corrected chi connectivity index (χ1v) is 5.46. The molecule has 3 heteroatoms. The number of carbonyl (C=O) groups is 1. The average Bonchev–Trinajstić information content (AvgIpc) is 2.17. The first-order chi connectivity index (χ1) is 6.63. The van der Waals surface area contributed by atoms with Crippen LogP contribution in [0.1, 0.15) is 39.0 Å². The van der Waals surface area contributed by atoms with Crippen LogP contribution in [0.4, 0.5) is 0 Å². The monoisotopic (exact) mass is 199 g/mol. The number of ether oxygens (including phenoxy) is 1. The van der Waals surface area contributed by atoms with Gasteiger partial charge < -0.3 is 10.5 Å². The van der Waals surface area contributed by atoms with Crippen LogP contribution in [0.2, 0.25) is 0 Å². The fourth-order valence-corrected chi connectivity index (χ4v) is 2.31. The van der Waals surface area contributed by atoms with Gasteiger partial charge in [-0.05, 0) is 24.7 Å². The number of hydrogen-bond donors (Lipinski definition) is 1. The van der Waals surface area contributed by atoms with Gasteiger partial charge in [-0.2, -0.15) is 0 Å². The standard InChI is InChI=1S/C11H21NO2/c1-8-4-3-5-9(6-8)10(12)7-11(13)14-2/h8-10H,3-7,12H2,1-2H3/t8?,9?,10-/m0/s1. The van der Waals surface area contributed by atoms with Crippen molar-refractivity contribution in [3.8, 4) is 0 Å². The smallest absolute Gasteiger partial charge is 0.307 e. The SMILES string of the molecule is COC(=O)C[C@H](N)C1CCCC(C)C1. The van der Waals surface area contributed by atoms with E-state index >= 15 is 0 Å². The van der Waals surface area contributed by atoms with Gasteiger partial charge in [-0.1, -0.05) is 19.8 Å². The Hall–Kier alpha value is -0.570. The topological polar surface area (TPSA) is 52.3 Å². The fourth-order valence-electron chi connectivity index (χ4n) is 2.31. The van der Waals surface area contributed by atoms with Gasteiger partial charge in [-0.3, -0.25) is 4.79 Å². The highest BCUT2D eigenvalue weighted by Crippen LogP contribution is 2.30. The van der Waals surface area contributed by atoms with Crippen LogP contribution in [0, 0.1) is 11.8 Å². The van der Waals surface area contributed by atoms with Crippen LogP contribution < -0.4 is 5.73 Å². The number of nitrogens with two attached hydrogens (primary N) is 1. The van der Waals surface area contributed by atoms with Gasteiger partial charge in [0.1, 0.15) is 0 Å². The summed E-state index contributed by atoms with van der Waals surface area (Å²) < 4.78 is 4.62. The second-order valence-electron chi connectivity index (χ2n) is 4.48. The highest BCUT2D eigenvalue weighted by atomic mass is 16.5. The second-order valence-corrected chi connectivity index (χ2v) is 4.48. The third kappa shape index (κ3) is 3.29. The molecule has 1 fully saturated rings. The van der Waals surface area contributed by atoms with E-state index in [2.05, 4.69) is 11.7 Å². The Bertz CT molecular complexity index is 194. The first kappa shape index (κ1) is 11.5. The van der Waals surface area contributed by atoms with E-state index in [0.717, 1.165) is 12.3 Å². The Kier molecular flexibility index (Phi) is 4.39. The molecule has 1 rings (SSSR count). The van der Waals surface area contributed by atoms with Gasteiger partial charge in [-0.15, -0.1) is 0 Å². The largest absolute Gasteiger partial charge is 0.469 e. The Morgan fingerprint density at radius 1 is 1.57 bits per heavy atom. The molecule has 0 aromatic carbocycles. The maximum atomic E-state index is 11.0. The van der Waals surface area contributed by atoms with Crippen molar-refractivity contribution in [3.63, 3.8) is 0 Å². The molecule has 14 heavy (non-hydrogen) atoms. The van der Waals surface area contributed by atoms with Gasteiger partial charge in [0.2, 0.25) is 0 Å². The molecule has 2 N–H and O–H groups in total. The van der Waals surface area contributed by atoms with Crippen molar-refractivity contribution in [2.75, 3.05) is 7.11 Å². The third-order valence-electron chi connectivity index (χ3n) is 3.21. The Morgan fingerprint density at radius 3 is 2.86 bits per heavy atom. The van der Waals surface area contributed by atoms with Crippen LogP contribution in [0.15, 0.2) is 0 Å². The number of hydrogen-bond acceptors (Lipinski definition) is 3. The minimum atomic E-state index is -0.185. The number of carbonyl (C=O) groups excluding carboxylic acids is 1. The second kappa shape index (κ2) is 5.35. The quantitative estimate of drug-likeness (QED) is 0.704. The predicted molar refractivity (Wildman–Crippen MR) is 55.7 cm³/mol. The van der Waals surface area contributed by atoms with Crippen LogP contribution in [0.25, 0.3) is 0 Å².